The van der Waals surface area contributed by atoms with Gasteiger partial charge in [-0.3, -0.25) is 4.55 Å². The van der Waals surface area contributed by atoms with Crippen LogP contribution in [0.5, 0.6) is 0 Å². The second-order valence-electron chi connectivity index (χ2n) is 1.64. The average Bonchev–Trinajstić information content (AvgIpc) is 1.86. The van der Waals surface area contributed by atoms with E-state index in [1.807, 2.05) is 0 Å². The fourth-order valence-corrected chi connectivity index (χ4v) is 0.898. The highest BCUT2D eigenvalue weighted by molar-refractivity contribution is 7.86. The molecule has 1 unspecified atom stereocenters. The molecular formula is C4H10O6S. The Morgan fingerprint density at radius 1 is 1.55 bits per heavy atom. The molecule has 2 N–H and O–H groups in total. The van der Waals surface area contributed by atoms with Crippen molar-refractivity contribution in [2.75, 3.05) is 13.7 Å². The van der Waals surface area contributed by atoms with Gasteiger partial charge in [0.25, 0.3) is 0 Å². The van der Waals surface area contributed by atoms with Crippen LogP contribution in [0.2, 0.25) is 0 Å². The van der Waals surface area contributed by atoms with Crippen molar-refractivity contribution in [2.45, 2.75) is 12.2 Å². The van der Waals surface area contributed by atoms with Gasteiger partial charge in [-0.1, -0.05) is 0 Å². The topological polar surface area (TPSA) is 93.1 Å². The number of hydrogen-bond donors (Lipinski definition) is 2. The highest BCUT2D eigenvalue weighted by Crippen LogP contribution is 2.14. The van der Waals surface area contributed by atoms with E-state index in [0.717, 1.165) is 7.11 Å². The first kappa shape index (κ1) is 10.8. The quantitative estimate of drug-likeness (QED) is 0.439. The Morgan fingerprint density at radius 3 is 2.09 bits per heavy atom. The molecule has 0 saturated carbocycles. The molecule has 0 aromatic rings. The Labute approximate surface area is 64.5 Å². The highest BCUT2D eigenvalue weighted by Gasteiger charge is 2.42. The molecule has 6 nitrogen and oxygen atoms in total. The molecule has 7 heteroatoms. The van der Waals surface area contributed by atoms with Gasteiger partial charge in [0.15, 0.2) is 0 Å². The van der Waals surface area contributed by atoms with Crippen LogP contribution in [-0.4, -0.2) is 37.1 Å². The first-order valence-electron chi connectivity index (χ1n) is 2.76. The van der Waals surface area contributed by atoms with Crippen molar-refractivity contribution in [3.63, 3.8) is 0 Å². The van der Waals surface area contributed by atoms with Crippen molar-refractivity contribution in [3.8, 4) is 0 Å². The van der Waals surface area contributed by atoms with E-state index < -0.39 is 15.4 Å². The monoisotopic (exact) mass is 186 g/mol. The summed E-state index contributed by atoms with van der Waals surface area (Å²) in [6.07, 6.45) is 0. The van der Waals surface area contributed by atoms with E-state index in [-0.39, 0.29) is 6.61 Å². The zero-order valence-electron chi connectivity index (χ0n) is 6.14. The summed E-state index contributed by atoms with van der Waals surface area (Å²) in [7, 11) is -3.87. The molecule has 0 heterocycles. The second kappa shape index (κ2) is 3.46. The molecule has 0 spiro atoms. The van der Waals surface area contributed by atoms with Gasteiger partial charge in [0.1, 0.15) is 0 Å². The van der Waals surface area contributed by atoms with Gasteiger partial charge in [0.2, 0.25) is 0 Å². The van der Waals surface area contributed by atoms with Gasteiger partial charge in [-0.05, 0) is 6.92 Å². The fraction of sp³-hybridized carbons (Fsp3) is 1.00. The minimum absolute atomic E-state index is 0.107. The highest BCUT2D eigenvalue weighted by atomic mass is 32.2. The molecule has 0 aromatic carbocycles. The summed E-state index contributed by atoms with van der Waals surface area (Å²) >= 11 is 0. The van der Waals surface area contributed by atoms with Crippen molar-refractivity contribution in [2.24, 2.45) is 0 Å². The molecule has 0 bridgehead atoms. The van der Waals surface area contributed by atoms with Gasteiger partial charge in [0.05, 0.1) is 6.61 Å². The van der Waals surface area contributed by atoms with Crippen LogP contribution in [0.3, 0.4) is 0 Å². The predicted molar refractivity (Wildman–Crippen MR) is 35.1 cm³/mol. The largest absolute Gasteiger partial charge is 0.416 e. The summed E-state index contributed by atoms with van der Waals surface area (Å²) in [4.78, 5) is 0. The molecule has 0 amide bonds. The Kier molecular flexibility index (Phi) is 3.39. The van der Waals surface area contributed by atoms with Crippen LogP contribution < -0.4 is 0 Å². The lowest BCUT2D eigenvalue weighted by molar-refractivity contribution is -0.289. The number of ether oxygens (including phenoxy) is 2. The maximum absolute atomic E-state index is 10.3. The smallest absolute Gasteiger partial charge is 0.329 e. The van der Waals surface area contributed by atoms with E-state index in [1.165, 1.54) is 6.92 Å². The van der Waals surface area contributed by atoms with Gasteiger partial charge < -0.3 is 14.6 Å². The molecule has 1 atom stereocenters. The van der Waals surface area contributed by atoms with Gasteiger partial charge in [-0.2, -0.15) is 8.42 Å². The Balaban J connectivity index is 4.61. The molecule has 68 valence electrons. The predicted octanol–water partition coefficient (Wildman–Crippen LogP) is -0.839. The molecule has 0 aromatic heterocycles. The van der Waals surface area contributed by atoms with Gasteiger partial charge in [-0.15, -0.1) is 0 Å². The SMILES string of the molecule is CCOC(O)(OC)S(=O)(=O)O. The molecule has 0 aliphatic heterocycles. The minimum atomic E-state index is -4.77. The van der Waals surface area contributed by atoms with Crippen LogP contribution in [-0.2, 0) is 19.6 Å². The number of methoxy groups -OCH3 is 1. The Bertz CT molecular complexity index is 209. The van der Waals surface area contributed by atoms with Crippen molar-refractivity contribution in [3.05, 3.63) is 0 Å². The van der Waals surface area contributed by atoms with Crippen molar-refractivity contribution >= 4 is 10.1 Å². The molecule has 0 saturated heterocycles. The summed E-state index contributed by atoms with van der Waals surface area (Å²) < 4.78 is 37.3. The lowest BCUT2D eigenvalue weighted by Gasteiger charge is -2.20. The lowest BCUT2D eigenvalue weighted by atomic mass is 10.9. The standard InChI is InChI=1S/C4H10O6S/c1-3-10-4(5,9-2)11(6,7)8/h5H,3H2,1-2H3,(H,6,7,8). The van der Waals surface area contributed by atoms with E-state index in [0.29, 0.717) is 0 Å². The van der Waals surface area contributed by atoms with Crippen LogP contribution in [0.15, 0.2) is 0 Å². The molecular weight excluding hydrogens is 176 g/mol. The molecule has 11 heavy (non-hydrogen) atoms. The van der Waals surface area contributed by atoms with E-state index in [4.69, 9.17) is 9.66 Å². The van der Waals surface area contributed by atoms with E-state index in [1.54, 1.807) is 0 Å². The summed E-state index contributed by atoms with van der Waals surface area (Å²) in [5.41, 5.74) is 0. The van der Waals surface area contributed by atoms with Gasteiger partial charge in [0, 0.05) is 7.11 Å². The van der Waals surface area contributed by atoms with E-state index >= 15 is 0 Å². The van der Waals surface area contributed by atoms with Crippen molar-refractivity contribution in [1.29, 1.82) is 0 Å². The first-order chi connectivity index (χ1) is 4.87. The van der Waals surface area contributed by atoms with Gasteiger partial charge >= 0.3 is 15.4 Å². The lowest BCUT2D eigenvalue weighted by Crippen LogP contribution is -2.42. The summed E-state index contributed by atoms with van der Waals surface area (Å²) in [5, 5.41) is 5.93. The molecule has 0 radical (unpaired) electrons. The van der Waals surface area contributed by atoms with Crippen LogP contribution in [0.1, 0.15) is 6.92 Å². The normalized spacial score (nSPS) is 17.8. The maximum Gasteiger partial charge on any atom is 0.416 e. The summed E-state index contributed by atoms with van der Waals surface area (Å²) in [5.74, 6) is 0. The molecule has 0 aliphatic carbocycles. The van der Waals surface area contributed by atoms with E-state index in [9.17, 15) is 8.42 Å². The first-order valence-corrected chi connectivity index (χ1v) is 4.20. The average molecular weight is 186 g/mol. The molecule has 0 aliphatic rings. The second-order valence-corrected chi connectivity index (χ2v) is 3.10. The van der Waals surface area contributed by atoms with Crippen LogP contribution >= 0.6 is 0 Å². The van der Waals surface area contributed by atoms with E-state index in [2.05, 4.69) is 9.47 Å². The summed E-state index contributed by atoms with van der Waals surface area (Å²) in [6, 6.07) is 0. The minimum Gasteiger partial charge on any atom is -0.329 e. The maximum atomic E-state index is 10.3. The zero-order valence-corrected chi connectivity index (χ0v) is 6.96. The zero-order chi connectivity index (χ0) is 9.12. The third-order valence-electron chi connectivity index (χ3n) is 0.911. The number of hydrogen-bond acceptors (Lipinski definition) is 5. The number of rotatable bonds is 4. The van der Waals surface area contributed by atoms with Crippen molar-refractivity contribution in [1.82, 2.24) is 0 Å². The molecule has 0 rings (SSSR count). The third-order valence-corrected chi connectivity index (χ3v) is 1.85. The number of aliphatic hydroxyl groups is 1. The fourth-order valence-electron chi connectivity index (χ4n) is 0.421. The van der Waals surface area contributed by atoms with Gasteiger partial charge in [-0.25, -0.2) is 0 Å². The Hall–Kier alpha value is -0.210. The van der Waals surface area contributed by atoms with Crippen LogP contribution in [0.25, 0.3) is 0 Å². The van der Waals surface area contributed by atoms with Crippen LogP contribution in [0, 0.1) is 0 Å². The van der Waals surface area contributed by atoms with Crippen LogP contribution in [0.4, 0.5) is 0 Å². The molecule has 0 fully saturated rings. The Morgan fingerprint density at radius 2 is 2.00 bits per heavy atom. The van der Waals surface area contributed by atoms with Crippen molar-refractivity contribution < 1.29 is 27.6 Å². The summed E-state index contributed by atoms with van der Waals surface area (Å²) in [6.45, 7) is 1.33. The third kappa shape index (κ3) is 2.38.